The van der Waals surface area contributed by atoms with Crippen LogP contribution in [0.25, 0.3) is 0 Å². The minimum Gasteiger partial charge on any atom is -0.370 e. The third-order valence-electron chi connectivity index (χ3n) is 1.44. The van der Waals surface area contributed by atoms with Gasteiger partial charge in [0, 0.05) is 6.20 Å². The summed E-state index contributed by atoms with van der Waals surface area (Å²) in [5.41, 5.74) is 6.59. The van der Waals surface area contributed by atoms with E-state index < -0.39 is 0 Å². The van der Waals surface area contributed by atoms with E-state index in [-0.39, 0.29) is 6.04 Å². The molecular weight excluding hydrogens is 114 g/mol. The van der Waals surface area contributed by atoms with E-state index in [2.05, 4.69) is 10.3 Å². The normalized spacial score (nSPS) is 26.2. The van der Waals surface area contributed by atoms with E-state index in [0.717, 1.165) is 0 Å². The average molecular weight is 125 g/mol. The summed E-state index contributed by atoms with van der Waals surface area (Å²) in [5, 5.41) is 2.83. The van der Waals surface area contributed by atoms with Crippen LogP contribution < -0.4 is 11.1 Å². The Morgan fingerprint density at radius 1 is 1.78 bits per heavy atom. The molecule has 0 aromatic heterocycles. The van der Waals surface area contributed by atoms with Crippen molar-refractivity contribution in [3.63, 3.8) is 0 Å². The molecule has 0 aromatic carbocycles. The van der Waals surface area contributed by atoms with Gasteiger partial charge in [-0.3, -0.25) is 0 Å². The monoisotopic (exact) mass is 125 g/mol. The van der Waals surface area contributed by atoms with Crippen LogP contribution in [0.5, 0.6) is 0 Å². The van der Waals surface area contributed by atoms with E-state index in [0.29, 0.717) is 5.96 Å². The van der Waals surface area contributed by atoms with E-state index in [1.165, 1.54) is 5.57 Å². The number of rotatable bonds is 0. The van der Waals surface area contributed by atoms with Crippen LogP contribution in [0.4, 0.5) is 0 Å². The zero-order valence-corrected chi connectivity index (χ0v) is 5.68. The average Bonchev–Trinajstić information content (AvgIpc) is 1.80. The van der Waals surface area contributed by atoms with E-state index >= 15 is 0 Å². The minimum atomic E-state index is 0.242. The van der Waals surface area contributed by atoms with Gasteiger partial charge in [0.15, 0.2) is 5.96 Å². The van der Waals surface area contributed by atoms with E-state index in [1.54, 1.807) is 0 Å². The second kappa shape index (κ2) is 2.09. The van der Waals surface area contributed by atoms with Crippen molar-refractivity contribution in [2.45, 2.75) is 19.9 Å². The van der Waals surface area contributed by atoms with Crippen molar-refractivity contribution in [2.24, 2.45) is 10.7 Å². The Balaban J connectivity index is 2.70. The summed E-state index contributed by atoms with van der Waals surface area (Å²) in [4.78, 5) is 4.08. The van der Waals surface area contributed by atoms with Crippen LogP contribution in [0.3, 0.4) is 0 Å². The highest BCUT2D eigenvalue weighted by atomic mass is 15.1. The number of nitrogens with zero attached hydrogens (tertiary/aromatic N) is 1. The molecule has 1 rings (SSSR count). The molecule has 0 saturated carbocycles. The maximum absolute atomic E-state index is 5.38. The quantitative estimate of drug-likeness (QED) is 0.485. The van der Waals surface area contributed by atoms with Crippen molar-refractivity contribution >= 4 is 5.96 Å². The molecule has 1 aliphatic rings. The summed E-state index contributed by atoms with van der Waals surface area (Å²) in [7, 11) is 0. The van der Waals surface area contributed by atoms with Gasteiger partial charge in [-0.25, -0.2) is 4.99 Å². The first kappa shape index (κ1) is 6.13. The summed E-state index contributed by atoms with van der Waals surface area (Å²) in [5.74, 6) is 0.508. The Labute approximate surface area is 54.7 Å². The van der Waals surface area contributed by atoms with Gasteiger partial charge in [0.2, 0.25) is 0 Å². The zero-order valence-electron chi connectivity index (χ0n) is 5.68. The number of nitrogens with two attached hydrogens (primary N) is 1. The van der Waals surface area contributed by atoms with Gasteiger partial charge < -0.3 is 11.1 Å². The first-order valence-electron chi connectivity index (χ1n) is 2.96. The van der Waals surface area contributed by atoms with E-state index in [1.807, 2.05) is 20.0 Å². The molecule has 3 heteroatoms. The predicted octanol–water partition coefficient (Wildman–Crippen LogP) is 0.197. The fraction of sp³-hybridized carbons (Fsp3) is 0.500. The molecule has 0 aromatic rings. The van der Waals surface area contributed by atoms with Crippen molar-refractivity contribution in [3.05, 3.63) is 11.8 Å². The molecule has 0 bridgehead atoms. The second-order valence-corrected chi connectivity index (χ2v) is 2.22. The van der Waals surface area contributed by atoms with Gasteiger partial charge in [0.25, 0.3) is 0 Å². The maximum Gasteiger partial charge on any atom is 0.193 e. The van der Waals surface area contributed by atoms with Gasteiger partial charge in [0.1, 0.15) is 0 Å². The minimum absolute atomic E-state index is 0.242. The van der Waals surface area contributed by atoms with Crippen LogP contribution >= 0.6 is 0 Å². The lowest BCUT2D eigenvalue weighted by Gasteiger charge is -2.14. The summed E-state index contributed by atoms with van der Waals surface area (Å²) >= 11 is 0. The molecule has 1 heterocycles. The van der Waals surface area contributed by atoms with Gasteiger partial charge in [-0.1, -0.05) is 0 Å². The number of aliphatic imine (C=N–C) groups is 1. The van der Waals surface area contributed by atoms with E-state index in [4.69, 9.17) is 5.73 Å². The lowest BCUT2D eigenvalue weighted by atomic mass is 10.2. The van der Waals surface area contributed by atoms with Gasteiger partial charge in [-0.05, 0) is 19.4 Å². The van der Waals surface area contributed by atoms with Crippen LogP contribution in [-0.2, 0) is 0 Å². The molecule has 9 heavy (non-hydrogen) atoms. The summed E-state index contributed by atoms with van der Waals surface area (Å²) in [6.07, 6.45) is 1.88. The first-order chi connectivity index (χ1) is 4.20. The Morgan fingerprint density at radius 3 is 2.89 bits per heavy atom. The predicted molar refractivity (Wildman–Crippen MR) is 38.0 cm³/mol. The highest BCUT2D eigenvalue weighted by molar-refractivity contribution is 5.80. The van der Waals surface area contributed by atoms with Gasteiger partial charge in [-0.2, -0.15) is 0 Å². The number of guanidine groups is 1. The fourth-order valence-corrected chi connectivity index (χ4v) is 0.656. The lowest BCUT2D eigenvalue weighted by Crippen LogP contribution is -2.32. The molecule has 0 spiro atoms. The molecule has 1 aliphatic heterocycles. The highest BCUT2D eigenvalue weighted by Gasteiger charge is 2.06. The van der Waals surface area contributed by atoms with Gasteiger partial charge >= 0.3 is 0 Å². The smallest absolute Gasteiger partial charge is 0.193 e. The Kier molecular flexibility index (Phi) is 1.42. The van der Waals surface area contributed by atoms with Crippen LogP contribution in [0.15, 0.2) is 16.8 Å². The molecule has 0 amide bonds. The SMILES string of the molecule is CC1=CNC(N)=NC1C. The summed E-state index contributed by atoms with van der Waals surface area (Å²) < 4.78 is 0. The molecule has 0 radical (unpaired) electrons. The van der Waals surface area contributed by atoms with Gasteiger partial charge in [0.05, 0.1) is 6.04 Å². The standard InChI is InChI=1S/C6H11N3/c1-4-3-8-6(7)9-5(4)2/h3,5H,1-2H3,(H3,7,8,9). The second-order valence-electron chi connectivity index (χ2n) is 2.22. The highest BCUT2D eigenvalue weighted by Crippen LogP contribution is 2.05. The van der Waals surface area contributed by atoms with Crippen LogP contribution in [0, 0.1) is 0 Å². The van der Waals surface area contributed by atoms with Crippen molar-refractivity contribution in [2.75, 3.05) is 0 Å². The maximum atomic E-state index is 5.38. The lowest BCUT2D eigenvalue weighted by molar-refractivity contribution is 0.818. The molecule has 3 N–H and O–H groups in total. The van der Waals surface area contributed by atoms with Crippen molar-refractivity contribution < 1.29 is 0 Å². The largest absolute Gasteiger partial charge is 0.370 e. The molecule has 1 unspecified atom stereocenters. The topological polar surface area (TPSA) is 50.4 Å². The van der Waals surface area contributed by atoms with E-state index in [9.17, 15) is 0 Å². The molecular formula is C6H11N3. The van der Waals surface area contributed by atoms with Crippen LogP contribution in [0.1, 0.15) is 13.8 Å². The zero-order chi connectivity index (χ0) is 6.85. The summed E-state index contributed by atoms with van der Waals surface area (Å²) in [6, 6.07) is 0.242. The Hall–Kier alpha value is -0.990. The van der Waals surface area contributed by atoms with Crippen LogP contribution in [-0.4, -0.2) is 12.0 Å². The third-order valence-corrected chi connectivity index (χ3v) is 1.44. The molecule has 0 saturated heterocycles. The third kappa shape index (κ3) is 1.22. The molecule has 1 atom stereocenters. The van der Waals surface area contributed by atoms with Crippen molar-refractivity contribution in [1.82, 2.24) is 5.32 Å². The number of nitrogens with one attached hydrogen (secondary N) is 1. The Bertz CT molecular complexity index is 169. The van der Waals surface area contributed by atoms with Crippen molar-refractivity contribution in [1.29, 1.82) is 0 Å². The Morgan fingerprint density at radius 2 is 2.44 bits per heavy atom. The fourth-order valence-electron chi connectivity index (χ4n) is 0.656. The van der Waals surface area contributed by atoms with Crippen molar-refractivity contribution in [3.8, 4) is 0 Å². The molecule has 3 nitrogen and oxygen atoms in total. The molecule has 0 aliphatic carbocycles. The number of hydrogen-bond acceptors (Lipinski definition) is 3. The molecule has 0 fully saturated rings. The van der Waals surface area contributed by atoms with Crippen LogP contribution in [0.2, 0.25) is 0 Å². The molecule has 50 valence electrons. The summed E-state index contributed by atoms with van der Waals surface area (Å²) in [6.45, 7) is 4.03. The first-order valence-corrected chi connectivity index (χ1v) is 2.96. The number of hydrogen-bond donors (Lipinski definition) is 2. The van der Waals surface area contributed by atoms with Gasteiger partial charge in [-0.15, -0.1) is 0 Å².